The van der Waals surface area contributed by atoms with Gasteiger partial charge in [-0.25, -0.2) is 0 Å². The van der Waals surface area contributed by atoms with Crippen molar-refractivity contribution in [2.75, 3.05) is 20.8 Å². The number of methoxy groups -OCH3 is 2. The van der Waals surface area contributed by atoms with Crippen LogP contribution in [0.15, 0.2) is 10.6 Å². The van der Waals surface area contributed by atoms with Crippen molar-refractivity contribution in [3.05, 3.63) is 17.5 Å². The average Bonchev–Trinajstić information content (AvgIpc) is 3.12. The molecule has 0 bridgehead atoms. The predicted octanol–water partition coefficient (Wildman–Crippen LogP) is 2.40. The number of rotatable bonds is 5. The van der Waals surface area contributed by atoms with E-state index < -0.39 is 0 Å². The van der Waals surface area contributed by atoms with E-state index in [9.17, 15) is 0 Å². The van der Waals surface area contributed by atoms with E-state index in [1.54, 1.807) is 0 Å². The zero-order valence-electron chi connectivity index (χ0n) is 13.3. The van der Waals surface area contributed by atoms with E-state index >= 15 is 0 Å². The minimum Gasteiger partial charge on any atom is -0.381 e. The third-order valence-corrected chi connectivity index (χ3v) is 5.31. The van der Waals surface area contributed by atoms with Gasteiger partial charge in [0.25, 0.3) is 0 Å². The maximum atomic E-state index is 5.95. The van der Waals surface area contributed by atoms with Crippen LogP contribution in [0.1, 0.15) is 44.1 Å². The summed E-state index contributed by atoms with van der Waals surface area (Å²) in [7, 11) is 3.67. The lowest BCUT2D eigenvalue weighted by Crippen LogP contribution is -2.51. The molecule has 1 aliphatic carbocycles. The molecule has 1 saturated carbocycles. The van der Waals surface area contributed by atoms with Gasteiger partial charge in [0.2, 0.25) is 0 Å². The SMILES string of the molecule is CCc1cc(CN2CC[C@]3(OC)CC[C@@H](OC)C[C@H]23)on1. The molecule has 1 saturated heterocycles. The predicted molar refractivity (Wildman–Crippen MR) is 79.1 cm³/mol. The van der Waals surface area contributed by atoms with Crippen molar-refractivity contribution in [3.8, 4) is 0 Å². The van der Waals surface area contributed by atoms with Crippen molar-refractivity contribution in [2.24, 2.45) is 0 Å². The lowest BCUT2D eigenvalue weighted by atomic mass is 9.79. The van der Waals surface area contributed by atoms with Crippen LogP contribution in [0, 0.1) is 0 Å². The molecule has 0 N–H and O–H groups in total. The van der Waals surface area contributed by atoms with Crippen molar-refractivity contribution in [1.82, 2.24) is 10.1 Å². The lowest BCUT2D eigenvalue weighted by molar-refractivity contribution is -0.0953. The Morgan fingerprint density at radius 1 is 1.43 bits per heavy atom. The number of aryl methyl sites for hydroxylation is 1. The van der Waals surface area contributed by atoms with Crippen LogP contribution in [0.3, 0.4) is 0 Å². The molecule has 0 unspecified atom stereocenters. The van der Waals surface area contributed by atoms with Crippen LogP contribution < -0.4 is 0 Å². The smallest absolute Gasteiger partial charge is 0.150 e. The normalized spacial score (nSPS) is 33.3. The van der Waals surface area contributed by atoms with E-state index in [0.29, 0.717) is 12.1 Å². The quantitative estimate of drug-likeness (QED) is 0.834. The molecule has 3 atom stereocenters. The van der Waals surface area contributed by atoms with E-state index in [-0.39, 0.29) is 5.60 Å². The zero-order valence-corrected chi connectivity index (χ0v) is 13.3. The Balaban J connectivity index is 1.73. The molecule has 2 aliphatic rings. The van der Waals surface area contributed by atoms with Crippen molar-refractivity contribution < 1.29 is 14.0 Å². The van der Waals surface area contributed by atoms with Crippen LogP contribution in [-0.2, 0) is 22.4 Å². The first-order valence-corrected chi connectivity index (χ1v) is 7.97. The number of ether oxygens (including phenoxy) is 2. The van der Waals surface area contributed by atoms with Gasteiger partial charge in [-0.15, -0.1) is 0 Å². The van der Waals surface area contributed by atoms with Gasteiger partial charge in [-0.05, 0) is 32.1 Å². The highest BCUT2D eigenvalue weighted by Crippen LogP contribution is 2.43. The monoisotopic (exact) mass is 294 g/mol. The summed E-state index contributed by atoms with van der Waals surface area (Å²) in [6, 6.07) is 2.49. The molecule has 2 heterocycles. The second-order valence-corrected chi connectivity index (χ2v) is 6.28. The molecule has 0 spiro atoms. The highest BCUT2D eigenvalue weighted by atomic mass is 16.5. The van der Waals surface area contributed by atoms with Gasteiger partial charge in [0.05, 0.1) is 23.9 Å². The molecule has 0 amide bonds. The Bertz CT molecular complexity index is 476. The minimum atomic E-state index is 0.00262. The fourth-order valence-electron chi connectivity index (χ4n) is 3.96. The highest BCUT2D eigenvalue weighted by molar-refractivity contribution is 5.09. The lowest BCUT2D eigenvalue weighted by Gasteiger charge is -2.43. The summed E-state index contributed by atoms with van der Waals surface area (Å²) in [6.07, 6.45) is 5.58. The molecule has 21 heavy (non-hydrogen) atoms. The number of hydrogen-bond donors (Lipinski definition) is 0. The fraction of sp³-hybridized carbons (Fsp3) is 0.812. The summed E-state index contributed by atoms with van der Waals surface area (Å²) in [5, 5.41) is 4.09. The van der Waals surface area contributed by atoms with E-state index in [4.69, 9.17) is 14.0 Å². The van der Waals surface area contributed by atoms with Gasteiger partial charge < -0.3 is 14.0 Å². The van der Waals surface area contributed by atoms with Gasteiger partial charge in [0.15, 0.2) is 5.76 Å². The summed E-state index contributed by atoms with van der Waals surface area (Å²) < 4.78 is 17.0. The number of hydrogen-bond acceptors (Lipinski definition) is 5. The van der Waals surface area contributed by atoms with E-state index in [0.717, 1.165) is 56.6 Å². The summed E-state index contributed by atoms with van der Waals surface area (Å²) in [5.74, 6) is 0.957. The van der Waals surface area contributed by atoms with Crippen LogP contribution in [0.25, 0.3) is 0 Å². The van der Waals surface area contributed by atoms with E-state index in [1.807, 2.05) is 14.2 Å². The summed E-state index contributed by atoms with van der Waals surface area (Å²) in [5.41, 5.74) is 1.03. The molecule has 0 aromatic carbocycles. The number of fused-ring (bicyclic) bond motifs is 1. The van der Waals surface area contributed by atoms with Crippen molar-refractivity contribution in [2.45, 2.75) is 63.3 Å². The van der Waals surface area contributed by atoms with E-state index in [1.165, 1.54) is 0 Å². The molecule has 5 heteroatoms. The van der Waals surface area contributed by atoms with Crippen molar-refractivity contribution in [3.63, 3.8) is 0 Å². The van der Waals surface area contributed by atoms with Crippen LogP contribution >= 0.6 is 0 Å². The third-order valence-electron chi connectivity index (χ3n) is 5.31. The summed E-state index contributed by atoms with van der Waals surface area (Å²) in [4.78, 5) is 2.48. The van der Waals surface area contributed by atoms with Gasteiger partial charge in [0, 0.05) is 32.9 Å². The number of aromatic nitrogens is 1. The van der Waals surface area contributed by atoms with Crippen molar-refractivity contribution >= 4 is 0 Å². The molecule has 5 nitrogen and oxygen atoms in total. The first-order chi connectivity index (χ1) is 10.2. The molecule has 1 aromatic rings. The molecular formula is C16H26N2O3. The summed E-state index contributed by atoms with van der Waals surface area (Å²) in [6.45, 7) is 3.97. The molecule has 0 radical (unpaired) electrons. The minimum absolute atomic E-state index is 0.00262. The molecule has 2 fully saturated rings. The van der Waals surface area contributed by atoms with Gasteiger partial charge in [-0.3, -0.25) is 4.90 Å². The van der Waals surface area contributed by atoms with Crippen LogP contribution in [0.2, 0.25) is 0 Å². The van der Waals surface area contributed by atoms with Crippen LogP contribution in [-0.4, -0.2) is 48.6 Å². The second-order valence-electron chi connectivity index (χ2n) is 6.28. The topological polar surface area (TPSA) is 47.7 Å². The number of likely N-dealkylation sites (tertiary alicyclic amines) is 1. The highest BCUT2D eigenvalue weighted by Gasteiger charge is 2.51. The Morgan fingerprint density at radius 3 is 2.95 bits per heavy atom. The Hall–Kier alpha value is -0.910. The average molecular weight is 294 g/mol. The first kappa shape index (κ1) is 15.0. The standard InChI is InChI=1S/C16H26N2O3/c1-4-12-9-14(21-17-12)11-18-8-7-16(20-3)6-5-13(19-2)10-15(16)18/h9,13,15H,4-8,10-11H2,1-3H3/t13-,15+,16-/m1/s1. The maximum absolute atomic E-state index is 5.95. The Labute approximate surface area is 126 Å². The molecule has 1 aromatic heterocycles. The Morgan fingerprint density at radius 2 is 2.29 bits per heavy atom. The van der Waals surface area contributed by atoms with Crippen LogP contribution in [0.5, 0.6) is 0 Å². The van der Waals surface area contributed by atoms with Crippen molar-refractivity contribution in [1.29, 1.82) is 0 Å². The summed E-state index contributed by atoms with van der Waals surface area (Å²) >= 11 is 0. The fourth-order valence-corrected chi connectivity index (χ4v) is 3.96. The van der Waals surface area contributed by atoms with Gasteiger partial charge in [-0.2, -0.15) is 0 Å². The van der Waals surface area contributed by atoms with Gasteiger partial charge >= 0.3 is 0 Å². The first-order valence-electron chi connectivity index (χ1n) is 7.97. The van der Waals surface area contributed by atoms with E-state index in [2.05, 4.69) is 23.0 Å². The largest absolute Gasteiger partial charge is 0.381 e. The number of nitrogens with zero attached hydrogens (tertiary/aromatic N) is 2. The molecule has 118 valence electrons. The second kappa shape index (κ2) is 6.07. The molecule has 1 aliphatic heterocycles. The molecular weight excluding hydrogens is 268 g/mol. The third kappa shape index (κ3) is 2.74. The van der Waals surface area contributed by atoms with Gasteiger partial charge in [0.1, 0.15) is 0 Å². The maximum Gasteiger partial charge on any atom is 0.150 e. The molecule has 3 rings (SSSR count). The van der Waals surface area contributed by atoms with Gasteiger partial charge in [-0.1, -0.05) is 12.1 Å². The Kier molecular flexibility index (Phi) is 4.33. The van der Waals surface area contributed by atoms with Crippen LogP contribution in [0.4, 0.5) is 0 Å². The zero-order chi connectivity index (χ0) is 14.9.